The Labute approximate surface area is 122 Å². The predicted molar refractivity (Wildman–Crippen MR) is 85.4 cm³/mol. The summed E-state index contributed by atoms with van der Waals surface area (Å²) >= 11 is 7.41. The molecule has 0 fully saturated rings. The number of hydrogen-bond donors (Lipinski definition) is 1. The first-order chi connectivity index (χ1) is 7.90. The van der Waals surface area contributed by atoms with Crippen LogP contribution in [-0.2, 0) is 6.42 Å². The minimum atomic E-state index is 0.351. The van der Waals surface area contributed by atoms with E-state index in [2.05, 4.69) is 61.1 Å². The average molecular weight is 336 g/mol. The van der Waals surface area contributed by atoms with Crippen molar-refractivity contribution in [2.45, 2.75) is 44.9 Å². The number of rotatable bonds is 6. The van der Waals surface area contributed by atoms with Crippen LogP contribution in [0.5, 0.6) is 0 Å². The molecule has 0 aliphatic heterocycles. The molecule has 1 rings (SSSR count). The maximum Gasteiger partial charge on any atom is 0.0701 e. The van der Waals surface area contributed by atoms with Gasteiger partial charge in [-0.15, -0.1) is 11.3 Å². The number of nitrogens with one attached hydrogen (secondary N) is 1. The van der Waals surface area contributed by atoms with E-state index in [1.54, 1.807) is 0 Å². The van der Waals surface area contributed by atoms with Crippen LogP contribution in [0, 0.1) is 0 Å². The van der Waals surface area contributed by atoms with Crippen LogP contribution in [0.4, 0.5) is 0 Å². The number of likely N-dealkylation sites (N-methyl/N-ethyl adjacent to an activating group) is 1. The van der Waals surface area contributed by atoms with Crippen molar-refractivity contribution in [3.63, 3.8) is 0 Å². The molecule has 17 heavy (non-hydrogen) atoms. The molecular weight excluding hydrogens is 314 g/mol. The van der Waals surface area contributed by atoms with E-state index >= 15 is 0 Å². The third-order valence-corrected chi connectivity index (χ3v) is 5.37. The van der Waals surface area contributed by atoms with E-state index in [0.717, 1.165) is 13.0 Å². The monoisotopic (exact) mass is 335 g/mol. The Bertz CT molecular complexity index is 330. The third-order valence-electron chi connectivity index (χ3n) is 2.29. The van der Waals surface area contributed by atoms with E-state index in [9.17, 15) is 0 Å². The van der Waals surface area contributed by atoms with E-state index < -0.39 is 0 Å². The van der Waals surface area contributed by atoms with Gasteiger partial charge in [-0.1, -0.05) is 27.7 Å². The second-order valence-electron chi connectivity index (χ2n) is 5.09. The Hall–Kier alpha value is 0.490. The topological polar surface area (TPSA) is 12.0 Å². The minimum absolute atomic E-state index is 0.351. The Balaban J connectivity index is 2.48. The van der Waals surface area contributed by atoms with Crippen molar-refractivity contribution in [1.29, 1.82) is 0 Å². The molecule has 0 saturated carbocycles. The first-order valence-corrected chi connectivity index (χ1v) is 8.62. The molecule has 0 aliphatic rings. The second-order valence-corrected chi connectivity index (χ2v) is 9.48. The van der Waals surface area contributed by atoms with Gasteiger partial charge in [0.15, 0.2) is 0 Å². The molecule has 1 atom stereocenters. The SMILES string of the molecule is CCNC(CSC(C)(C)C)Cc1ccc(Br)s1. The Morgan fingerprint density at radius 2 is 2.12 bits per heavy atom. The molecule has 1 heterocycles. The largest absolute Gasteiger partial charge is 0.313 e. The summed E-state index contributed by atoms with van der Waals surface area (Å²) in [5, 5.41) is 3.58. The van der Waals surface area contributed by atoms with Crippen LogP contribution in [0.2, 0.25) is 0 Å². The summed E-state index contributed by atoms with van der Waals surface area (Å²) in [7, 11) is 0. The van der Waals surface area contributed by atoms with Gasteiger partial charge in [0.25, 0.3) is 0 Å². The van der Waals surface area contributed by atoms with Gasteiger partial charge in [-0.3, -0.25) is 0 Å². The van der Waals surface area contributed by atoms with Crippen molar-refractivity contribution in [1.82, 2.24) is 5.32 Å². The zero-order valence-electron chi connectivity index (χ0n) is 11.0. The highest BCUT2D eigenvalue weighted by atomic mass is 79.9. The van der Waals surface area contributed by atoms with Gasteiger partial charge >= 0.3 is 0 Å². The fourth-order valence-electron chi connectivity index (χ4n) is 1.53. The molecule has 0 radical (unpaired) electrons. The van der Waals surface area contributed by atoms with E-state index in [1.807, 2.05) is 23.1 Å². The molecule has 1 aromatic rings. The van der Waals surface area contributed by atoms with Crippen molar-refractivity contribution < 1.29 is 0 Å². The maximum atomic E-state index is 3.58. The Morgan fingerprint density at radius 1 is 1.41 bits per heavy atom. The number of hydrogen-bond acceptors (Lipinski definition) is 3. The van der Waals surface area contributed by atoms with Crippen LogP contribution < -0.4 is 5.32 Å². The molecule has 0 aromatic carbocycles. The maximum absolute atomic E-state index is 3.58. The van der Waals surface area contributed by atoms with Crippen molar-refractivity contribution in [2.75, 3.05) is 12.3 Å². The molecule has 0 saturated heterocycles. The molecule has 0 aliphatic carbocycles. The average Bonchev–Trinajstić information content (AvgIpc) is 2.60. The molecular formula is C13H22BrNS2. The lowest BCUT2D eigenvalue weighted by Crippen LogP contribution is -2.34. The molecule has 0 amide bonds. The molecule has 98 valence electrons. The molecule has 4 heteroatoms. The first-order valence-electron chi connectivity index (χ1n) is 6.02. The summed E-state index contributed by atoms with van der Waals surface area (Å²) in [4.78, 5) is 1.46. The van der Waals surface area contributed by atoms with Gasteiger partial charge in [0.1, 0.15) is 0 Å². The summed E-state index contributed by atoms with van der Waals surface area (Å²) in [6, 6.07) is 4.94. The predicted octanol–water partition coefficient (Wildman–Crippen LogP) is 4.56. The van der Waals surface area contributed by atoms with Crippen molar-refractivity contribution in [3.05, 3.63) is 20.8 Å². The quantitative estimate of drug-likeness (QED) is 0.817. The number of thioether (sulfide) groups is 1. The second kappa shape index (κ2) is 7.17. The number of halogens is 1. The number of thiophene rings is 1. The van der Waals surface area contributed by atoms with Gasteiger partial charge in [-0.05, 0) is 41.0 Å². The smallest absolute Gasteiger partial charge is 0.0701 e. The molecule has 0 spiro atoms. The van der Waals surface area contributed by atoms with Crippen LogP contribution in [0.1, 0.15) is 32.6 Å². The van der Waals surface area contributed by atoms with Crippen LogP contribution in [0.3, 0.4) is 0 Å². The molecule has 1 nitrogen and oxygen atoms in total. The molecule has 1 unspecified atom stereocenters. The third kappa shape index (κ3) is 6.85. The lowest BCUT2D eigenvalue weighted by atomic mass is 10.2. The molecule has 1 aromatic heterocycles. The Kier molecular flexibility index (Phi) is 6.56. The molecule has 0 bridgehead atoms. The van der Waals surface area contributed by atoms with Crippen LogP contribution >= 0.6 is 39.0 Å². The summed E-state index contributed by atoms with van der Waals surface area (Å²) < 4.78 is 1.58. The summed E-state index contributed by atoms with van der Waals surface area (Å²) in [5.74, 6) is 1.17. The Morgan fingerprint density at radius 3 is 2.59 bits per heavy atom. The minimum Gasteiger partial charge on any atom is -0.313 e. The van der Waals surface area contributed by atoms with E-state index in [0.29, 0.717) is 10.8 Å². The van der Waals surface area contributed by atoms with Crippen molar-refractivity contribution >= 4 is 39.0 Å². The zero-order valence-corrected chi connectivity index (χ0v) is 14.3. The van der Waals surface area contributed by atoms with Gasteiger partial charge < -0.3 is 5.32 Å². The van der Waals surface area contributed by atoms with Gasteiger partial charge in [0, 0.05) is 21.4 Å². The zero-order chi connectivity index (χ0) is 12.9. The lowest BCUT2D eigenvalue weighted by molar-refractivity contribution is 0.574. The highest BCUT2D eigenvalue weighted by Crippen LogP contribution is 2.27. The standard InChI is InChI=1S/C13H22BrNS2/c1-5-15-10(9-16-13(2,3)4)8-11-6-7-12(14)17-11/h6-7,10,15H,5,8-9H2,1-4H3. The van der Waals surface area contributed by atoms with Gasteiger partial charge in [0.05, 0.1) is 3.79 Å². The van der Waals surface area contributed by atoms with Crippen LogP contribution in [-0.4, -0.2) is 23.1 Å². The van der Waals surface area contributed by atoms with E-state index in [-0.39, 0.29) is 0 Å². The highest BCUT2D eigenvalue weighted by molar-refractivity contribution is 9.11. The highest BCUT2D eigenvalue weighted by Gasteiger charge is 2.16. The van der Waals surface area contributed by atoms with Crippen molar-refractivity contribution in [2.24, 2.45) is 0 Å². The summed E-state index contributed by atoms with van der Waals surface area (Å²) in [6.07, 6.45) is 1.13. The van der Waals surface area contributed by atoms with Gasteiger partial charge in [0.2, 0.25) is 0 Å². The first kappa shape index (κ1) is 15.5. The fraction of sp³-hybridized carbons (Fsp3) is 0.692. The van der Waals surface area contributed by atoms with Gasteiger partial charge in [-0.2, -0.15) is 11.8 Å². The van der Waals surface area contributed by atoms with E-state index in [4.69, 9.17) is 0 Å². The summed E-state index contributed by atoms with van der Waals surface area (Å²) in [6.45, 7) is 10.1. The lowest BCUT2D eigenvalue weighted by Gasteiger charge is -2.23. The van der Waals surface area contributed by atoms with Crippen molar-refractivity contribution in [3.8, 4) is 0 Å². The normalized spacial score (nSPS) is 13.9. The van der Waals surface area contributed by atoms with E-state index in [1.165, 1.54) is 14.4 Å². The molecule has 1 N–H and O–H groups in total. The van der Waals surface area contributed by atoms with Crippen LogP contribution in [0.15, 0.2) is 15.9 Å². The summed E-state index contributed by atoms with van der Waals surface area (Å²) in [5.41, 5.74) is 0. The van der Waals surface area contributed by atoms with Crippen LogP contribution in [0.25, 0.3) is 0 Å². The van der Waals surface area contributed by atoms with Gasteiger partial charge in [-0.25, -0.2) is 0 Å². The fourth-order valence-corrected chi connectivity index (χ4v) is 4.03.